The highest BCUT2D eigenvalue weighted by Crippen LogP contribution is 2.24. The Morgan fingerprint density at radius 1 is 0.875 bits per heavy atom. The van der Waals surface area contributed by atoms with Gasteiger partial charge in [-0.25, -0.2) is 0 Å². The first-order valence-electron chi connectivity index (χ1n) is 9.01. The number of aryl methyl sites for hydroxylation is 1. The van der Waals surface area contributed by atoms with Gasteiger partial charge in [0.25, 0.3) is 0 Å². The second kappa shape index (κ2) is 8.86. The van der Waals surface area contributed by atoms with E-state index in [0.29, 0.717) is 0 Å². The molecule has 0 radical (unpaired) electrons. The summed E-state index contributed by atoms with van der Waals surface area (Å²) in [6.45, 7) is 13.2. The SMILES string of the molecule is CC[N+](CC)(CC)CC(ONc1ccccc1)c1ccc(C)cc1. The minimum Gasteiger partial charge on any atom is -0.322 e. The third-order valence-electron chi connectivity index (χ3n) is 5.11. The van der Waals surface area contributed by atoms with Crippen LogP contribution in [0.4, 0.5) is 5.69 Å². The largest absolute Gasteiger partial charge is 0.322 e. The maximum atomic E-state index is 6.15. The average molecular weight is 327 g/mol. The van der Waals surface area contributed by atoms with Crippen LogP contribution in [0.2, 0.25) is 0 Å². The van der Waals surface area contributed by atoms with E-state index in [4.69, 9.17) is 4.84 Å². The molecule has 0 aliphatic heterocycles. The molecule has 0 bridgehead atoms. The summed E-state index contributed by atoms with van der Waals surface area (Å²) in [7, 11) is 0. The summed E-state index contributed by atoms with van der Waals surface area (Å²) in [4.78, 5) is 6.15. The molecule has 0 aliphatic rings. The van der Waals surface area contributed by atoms with Gasteiger partial charge in [0.05, 0.1) is 25.3 Å². The fourth-order valence-corrected chi connectivity index (χ4v) is 3.05. The summed E-state index contributed by atoms with van der Waals surface area (Å²) < 4.78 is 1.05. The topological polar surface area (TPSA) is 21.3 Å². The normalized spacial score (nSPS) is 12.8. The van der Waals surface area contributed by atoms with Gasteiger partial charge in [0.2, 0.25) is 0 Å². The van der Waals surface area contributed by atoms with Crippen LogP contribution in [0.5, 0.6) is 0 Å². The van der Waals surface area contributed by atoms with Crippen LogP contribution < -0.4 is 5.48 Å². The Morgan fingerprint density at radius 2 is 1.46 bits per heavy atom. The van der Waals surface area contributed by atoms with Crippen LogP contribution >= 0.6 is 0 Å². The second-order valence-electron chi connectivity index (χ2n) is 6.46. The molecular formula is C21H31N2O+. The minimum absolute atomic E-state index is 0.0191. The predicted octanol–water partition coefficient (Wildman–Crippen LogP) is 4.96. The molecule has 1 atom stereocenters. The van der Waals surface area contributed by atoms with E-state index in [9.17, 15) is 0 Å². The number of hydrogen-bond acceptors (Lipinski definition) is 2. The molecule has 0 saturated carbocycles. The van der Waals surface area contributed by atoms with Gasteiger partial charge in [0.15, 0.2) is 6.10 Å². The molecule has 0 saturated heterocycles. The number of anilines is 1. The van der Waals surface area contributed by atoms with Gasteiger partial charge in [-0.15, -0.1) is 0 Å². The first kappa shape index (κ1) is 18.5. The molecule has 2 aromatic carbocycles. The molecule has 1 unspecified atom stereocenters. The van der Waals surface area contributed by atoms with Crippen molar-refractivity contribution >= 4 is 5.69 Å². The standard InChI is InChI=1S/C21H31N2O/c1-5-23(6-2,7-3)17-21(19-15-13-18(4)14-16-19)24-22-20-11-9-8-10-12-20/h8-16,21-22H,5-7,17H2,1-4H3/q+1. The van der Waals surface area contributed by atoms with Crippen LogP contribution in [0.15, 0.2) is 54.6 Å². The number of nitrogens with zero attached hydrogens (tertiary/aromatic N) is 1. The first-order valence-corrected chi connectivity index (χ1v) is 9.01. The summed E-state index contributed by atoms with van der Waals surface area (Å²) in [6, 6.07) is 18.8. The van der Waals surface area contributed by atoms with Gasteiger partial charge in [-0.3, -0.25) is 10.3 Å². The van der Waals surface area contributed by atoms with Crippen LogP contribution in [0.25, 0.3) is 0 Å². The van der Waals surface area contributed by atoms with Crippen molar-refractivity contribution < 1.29 is 9.32 Å². The third-order valence-corrected chi connectivity index (χ3v) is 5.11. The van der Waals surface area contributed by atoms with Crippen molar-refractivity contribution in [1.82, 2.24) is 0 Å². The predicted molar refractivity (Wildman–Crippen MR) is 102 cm³/mol. The van der Waals surface area contributed by atoms with Gasteiger partial charge in [-0.2, -0.15) is 0 Å². The van der Waals surface area contributed by atoms with Crippen LogP contribution in [0, 0.1) is 6.92 Å². The lowest BCUT2D eigenvalue weighted by Crippen LogP contribution is -2.50. The fraction of sp³-hybridized carbons (Fsp3) is 0.429. The van der Waals surface area contributed by atoms with Crippen LogP contribution in [-0.4, -0.2) is 30.7 Å². The summed E-state index contributed by atoms with van der Waals surface area (Å²) >= 11 is 0. The van der Waals surface area contributed by atoms with E-state index >= 15 is 0 Å². The molecule has 3 nitrogen and oxygen atoms in total. The molecule has 0 amide bonds. The van der Waals surface area contributed by atoms with Crippen molar-refractivity contribution in [3.8, 4) is 0 Å². The molecule has 0 aromatic heterocycles. The van der Waals surface area contributed by atoms with Crippen molar-refractivity contribution in [3.63, 3.8) is 0 Å². The maximum Gasteiger partial charge on any atom is 0.159 e. The van der Waals surface area contributed by atoms with E-state index in [1.807, 2.05) is 30.3 Å². The molecule has 2 aromatic rings. The Hall–Kier alpha value is -1.84. The Bertz CT molecular complexity index is 583. The highest BCUT2D eigenvalue weighted by molar-refractivity contribution is 5.40. The van der Waals surface area contributed by atoms with E-state index in [-0.39, 0.29) is 6.10 Å². The molecule has 2 rings (SSSR count). The number of hydrogen-bond donors (Lipinski definition) is 1. The number of benzene rings is 2. The second-order valence-corrected chi connectivity index (χ2v) is 6.46. The van der Waals surface area contributed by atoms with E-state index in [2.05, 4.69) is 57.4 Å². The van der Waals surface area contributed by atoms with Gasteiger partial charge in [-0.05, 0) is 45.4 Å². The number of likely N-dealkylation sites (N-methyl/N-ethyl adjacent to an activating group) is 1. The minimum atomic E-state index is 0.0191. The Labute approximate surface area is 146 Å². The van der Waals surface area contributed by atoms with Crippen LogP contribution in [-0.2, 0) is 4.84 Å². The lowest BCUT2D eigenvalue weighted by molar-refractivity contribution is -0.926. The van der Waals surface area contributed by atoms with Gasteiger partial charge in [0, 0.05) is 0 Å². The fourth-order valence-electron chi connectivity index (χ4n) is 3.05. The van der Waals surface area contributed by atoms with E-state index in [1.165, 1.54) is 11.1 Å². The zero-order chi connectivity index (χ0) is 17.4. The number of rotatable bonds is 9. The maximum absolute atomic E-state index is 6.15. The van der Waals surface area contributed by atoms with E-state index in [1.54, 1.807) is 0 Å². The van der Waals surface area contributed by atoms with Crippen LogP contribution in [0.3, 0.4) is 0 Å². The summed E-state index contributed by atoms with van der Waals surface area (Å²) in [6.07, 6.45) is 0.0191. The first-order chi connectivity index (χ1) is 11.6. The van der Waals surface area contributed by atoms with E-state index < -0.39 is 0 Å². The van der Waals surface area contributed by atoms with Crippen molar-refractivity contribution in [1.29, 1.82) is 0 Å². The molecule has 3 heteroatoms. The van der Waals surface area contributed by atoms with Crippen molar-refractivity contribution in [2.24, 2.45) is 0 Å². The van der Waals surface area contributed by atoms with Gasteiger partial charge in [0.1, 0.15) is 6.54 Å². The molecule has 0 spiro atoms. The molecule has 0 aliphatic carbocycles. The summed E-state index contributed by atoms with van der Waals surface area (Å²) in [5.74, 6) is 0. The molecule has 24 heavy (non-hydrogen) atoms. The van der Waals surface area contributed by atoms with E-state index in [0.717, 1.165) is 36.3 Å². The quantitative estimate of drug-likeness (QED) is 0.519. The lowest BCUT2D eigenvalue weighted by Gasteiger charge is -2.38. The third kappa shape index (κ3) is 4.83. The lowest BCUT2D eigenvalue weighted by atomic mass is 10.1. The van der Waals surface area contributed by atoms with Crippen LogP contribution in [0.1, 0.15) is 38.0 Å². The molecule has 0 fully saturated rings. The zero-order valence-corrected chi connectivity index (χ0v) is 15.5. The van der Waals surface area contributed by atoms with Gasteiger partial charge < -0.3 is 4.48 Å². The highest BCUT2D eigenvalue weighted by Gasteiger charge is 2.28. The number of nitrogens with one attached hydrogen (secondary N) is 1. The van der Waals surface area contributed by atoms with Crippen molar-refractivity contribution in [2.45, 2.75) is 33.8 Å². The molecule has 130 valence electrons. The summed E-state index contributed by atoms with van der Waals surface area (Å²) in [5, 5.41) is 0. The zero-order valence-electron chi connectivity index (χ0n) is 15.5. The van der Waals surface area contributed by atoms with Gasteiger partial charge >= 0.3 is 0 Å². The Balaban J connectivity index is 2.18. The Morgan fingerprint density at radius 3 is 2.00 bits per heavy atom. The average Bonchev–Trinajstić information content (AvgIpc) is 2.64. The highest BCUT2D eigenvalue weighted by atomic mass is 16.7. The Kier molecular flexibility index (Phi) is 6.83. The smallest absolute Gasteiger partial charge is 0.159 e. The molecule has 1 N–H and O–H groups in total. The number of para-hydroxylation sites is 1. The monoisotopic (exact) mass is 327 g/mol. The van der Waals surface area contributed by atoms with Crippen molar-refractivity contribution in [2.75, 3.05) is 31.7 Å². The van der Waals surface area contributed by atoms with Crippen molar-refractivity contribution in [3.05, 3.63) is 65.7 Å². The van der Waals surface area contributed by atoms with Gasteiger partial charge in [-0.1, -0.05) is 48.0 Å². The number of quaternary nitrogens is 1. The molecular weight excluding hydrogens is 296 g/mol. The summed E-state index contributed by atoms with van der Waals surface area (Å²) in [5.41, 5.74) is 6.62. The molecule has 0 heterocycles.